The molecule has 0 aliphatic rings. The zero-order valence-electron chi connectivity index (χ0n) is 8.34. The molecule has 0 unspecified atom stereocenters. The van der Waals surface area contributed by atoms with Crippen LogP contribution in [0.5, 0.6) is 0 Å². The lowest BCUT2D eigenvalue weighted by Gasteiger charge is -1.99. The number of carboxylic acid groups (broad SMARTS) is 1. The number of fused-ring (bicyclic) bond motifs is 1. The summed E-state index contributed by atoms with van der Waals surface area (Å²) >= 11 is 0. The van der Waals surface area contributed by atoms with E-state index >= 15 is 0 Å². The van der Waals surface area contributed by atoms with Crippen LogP contribution >= 0.6 is 0 Å². The van der Waals surface area contributed by atoms with Crippen LogP contribution in [0.25, 0.3) is 5.78 Å². The van der Waals surface area contributed by atoms with Crippen molar-refractivity contribution in [1.29, 1.82) is 0 Å². The van der Waals surface area contributed by atoms with E-state index in [1.54, 1.807) is 12.4 Å². The van der Waals surface area contributed by atoms with E-state index < -0.39 is 5.97 Å². The van der Waals surface area contributed by atoms with E-state index in [1.165, 1.54) is 0 Å². The van der Waals surface area contributed by atoms with Crippen molar-refractivity contribution >= 4 is 11.7 Å². The summed E-state index contributed by atoms with van der Waals surface area (Å²) in [7, 11) is 0. The van der Waals surface area contributed by atoms with Gasteiger partial charge in [-0.15, -0.1) is 0 Å². The molecule has 0 fully saturated rings. The molecule has 0 aliphatic heterocycles. The smallest absolute Gasteiger partial charge is 0.303 e. The van der Waals surface area contributed by atoms with Crippen LogP contribution in [-0.2, 0) is 11.2 Å². The molecule has 0 saturated heterocycles. The van der Waals surface area contributed by atoms with Crippen LogP contribution in [0, 0.1) is 6.92 Å². The summed E-state index contributed by atoms with van der Waals surface area (Å²) in [6.45, 7) is 1.94. The molecule has 0 aliphatic carbocycles. The highest BCUT2D eigenvalue weighted by molar-refractivity contribution is 5.67. The number of aryl methyl sites for hydroxylation is 2. The number of hydrogen-bond donors (Lipinski definition) is 1. The van der Waals surface area contributed by atoms with E-state index in [4.69, 9.17) is 5.11 Å². The minimum atomic E-state index is -0.800. The molecule has 2 aromatic rings. The molecule has 0 bridgehead atoms. The summed E-state index contributed by atoms with van der Waals surface area (Å²) in [4.78, 5) is 18.7. The molecule has 0 atom stereocenters. The molecule has 2 aromatic heterocycles. The summed E-state index contributed by atoms with van der Waals surface area (Å²) in [6, 6.07) is 0. The summed E-state index contributed by atoms with van der Waals surface area (Å²) in [5.74, 6) is -0.188. The van der Waals surface area contributed by atoms with Gasteiger partial charge in [0.15, 0.2) is 0 Å². The van der Waals surface area contributed by atoms with Gasteiger partial charge in [-0.25, -0.2) is 9.97 Å². The largest absolute Gasteiger partial charge is 0.481 e. The summed E-state index contributed by atoms with van der Waals surface area (Å²) in [6.07, 6.45) is 5.91. The van der Waals surface area contributed by atoms with Gasteiger partial charge in [0.25, 0.3) is 0 Å². The molecule has 0 radical (unpaired) electrons. The van der Waals surface area contributed by atoms with Crippen molar-refractivity contribution in [2.75, 3.05) is 0 Å². The van der Waals surface area contributed by atoms with Crippen LogP contribution in [0.2, 0.25) is 0 Å². The molecular weight excluding hydrogens is 194 g/mol. The first-order valence-electron chi connectivity index (χ1n) is 4.67. The van der Waals surface area contributed by atoms with Crippen molar-refractivity contribution < 1.29 is 9.90 Å². The maximum atomic E-state index is 10.5. The normalized spacial score (nSPS) is 10.7. The minimum absolute atomic E-state index is 0.113. The standard InChI is InChI=1S/C10H11N3O2/c1-7-4-11-10-12-5-8(13(10)6-7)2-3-9(14)15/h4-6H,2-3H2,1H3,(H,14,15). The van der Waals surface area contributed by atoms with E-state index in [1.807, 2.05) is 17.5 Å². The highest BCUT2D eigenvalue weighted by Gasteiger charge is 2.06. The number of imidazole rings is 1. The summed E-state index contributed by atoms with van der Waals surface area (Å²) in [5.41, 5.74) is 1.90. The third-order valence-corrected chi connectivity index (χ3v) is 2.17. The molecule has 1 N–H and O–H groups in total. The Hall–Kier alpha value is -1.91. The highest BCUT2D eigenvalue weighted by atomic mass is 16.4. The minimum Gasteiger partial charge on any atom is -0.481 e. The predicted octanol–water partition coefficient (Wildman–Crippen LogP) is 1.05. The van der Waals surface area contributed by atoms with Gasteiger partial charge in [0.1, 0.15) is 0 Å². The van der Waals surface area contributed by atoms with Crippen LogP contribution in [0.3, 0.4) is 0 Å². The van der Waals surface area contributed by atoms with Gasteiger partial charge in [-0.3, -0.25) is 9.20 Å². The van der Waals surface area contributed by atoms with Gasteiger partial charge in [-0.2, -0.15) is 0 Å². The van der Waals surface area contributed by atoms with Crippen molar-refractivity contribution in [1.82, 2.24) is 14.4 Å². The average Bonchev–Trinajstić information content (AvgIpc) is 2.57. The molecule has 0 spiro atoms. The zero-order valence-corrected chi connectivity index (χ0v) is 8.34. The molecule has 78 valence electrons. The number of hydrogen-bond acceptors (Lipinski definition) is 3. The summed E-state index contributed by atoms with van der Waals surface area (Å²) < 4.78 is 1.83. The first-order chi connectivity index (χ1) is 7.16. The topological polar surface area (TPSA) is 67.5 Å². The lowest BCUT2D eigenvalue weighted by atomic mass is 10.2. The summed E-state index contributed by atoms with van der Waals surface area (Å²) in [5, 5.41) is 8.59. The number of nitrogens with zero attached hydrogens (tertiary/aromatic N) is 3. The molecule has 5 nitrogen and oxygen atoms in total. The van der Waals surface area contributed by atoms with E-state index in [2.05, 4.69) is 9.97 Å². The Morgan fingerprint density at radius 2 is 2.20 bits per heavy atom. The second-order valence-corrected chi connectivity index (χ2v) is 3.44. The fraction of sp³-hybridized carbons (Fsp3) is 0.300. The molecule has 2 heterocycles. The van der Waals surface area contributed by atoms with Crippen molar-refractivity contribution in [2.45, 2.75) is 19.8 Å². The monoisotopic (exact) mass is 205 g/mol. The first-order valence-corrected chi connectivity index (χ1v) is 4.67. The van der Waals surface area contributed by atoms with Gasteiger partial charge in [-0.05, 0) is 12.5 Å². The average molecular weight is 205 g/mol. The SMILES string of the molecule is Cc1cnc2ncc(CCC(=O)O)n2c1. The molecule has 0 aromatic carbocycles. The maximum Gasteiger partial charge on any atom is 0.303 e. The Morgan fingerprint density at radius 3 is 2.93 bits per heavy atom. The lowest BCUT2D eigenvalue weighted by molar-refractivity contribution is -0.136. The zero-order chi connectivity index (χ0) is 10.8. The van der Waals surface area contributed by atoms with Crippen molar-refractivity contribution in [3.8, 4) is 0 Å². The fourth-order valence-electron chi connectivity index (χ4n) is 1.44. The van der Waals surface area contributed by atoms with Crippen LogP contribution in [0.1, 0.15) is 17.7 Å². The lowest BCUT2D eigenvalue weighted by Crippen LogP contribution is -2.00. The van der Waals surface area contributed by atoms with Gasteiger partial charge in [-0.1, -0.05) is 0 Å². The number of aromatic nitrogens is 3. The third kappa shape index (κ3) is 1.96. The Bertz CT molecular complexity index is 504. The van der Waals surface area contributed by atoms with Crippen molar-refractivity contribution in [3.05, 3.63) is 29.8 Å². The molecule has 2 rings (SSSR count). The first kappa shape index (κ1) is 9.64. The van der Waals surface area contributed by atoms with E-state index in [9.17, 15) is 4.79 Å². The van der Waals surface area contributed by atoms with Crippen LogP contribution in [0.4, 0.5) is 0 Å². The van der Waals surface area contributed by atoms with Crippen LogP contribution in [0.15, 0.2) is 18.6 Å². The van der Waals surface area contributed by atoms with E-state index in [0.29, 0.717) is 12.2 Å². The van der Waals surface area contributed by atoms with Gasteiger partial charge < -0.3 is 5.11 Å². The number of carboxylic acids is 1. The van der Waals surface area contributed by atoms with Gasteiger partial charge >= 0.3 is 5.97 Å². The molecular formula is C10H11N3O2. The van der Waals surface area contributed by atoms with E-state index in [0.717, 1.165) is 11.3 Å². The number of aliphatic carboxylic acids is 1. The van der Waals surface area contributed by atoms with Gasteiger partial charge in [0.05, 0.1) is 12.6 Å². The molecule has 5 heteroatoms. The van der Waals surface area contributed by atoms with Gasteiger partial charge in [0.2, 0.25) is 5.78 Å². The van der Waals surface area contributed by atoms with Crippen LogP contribution in [-0.4, -0.2) is 25.4 Å². The van der Waals surface area contributed by atoms with Crippen molar-refractivity contribution in [2.24, 2.45) is 0 Å². The highest BCUT2D eigenvalue weighted by Crippen LogP contribution is 2.07. The molecule has 0 amide bonds. The Balaban J connectivity index is 2.35. The Labute approximate surface area is 86.4 Å². The van der Waals surface area contributed by atoms with Crippen LogP contribution < -0.4 is 0 Å². The molecule has 15 heavy (non-hydrogen) atoms. The fourth-order valence-corrected chi connectivity index (χ4v) is 1.44. The van der Waals surface area contributed by atoms with Gasteiger partial charge in [0, 0.05) is 24.5 Å². The predicted molar refractivity (Wildman–Crippen MR) is 53.7 cm³/mol. The Morgan fingerprint density at radius 1 is 1.47 bits per heavy atom. The quantitative estimate of drug-likeness (QED) is 0.813. The Kier molecular flexibility index (Phi) is 2.37. The maximum absolute atomic E-state index is 10.5. The van der Waals surface area contributed by atoms with E-state index in [-0.39, 0.29) is 6.42 Å². The third-order valence-electron chi connectivity index (χ3n) is 2.17. The molecule has 0 saturated carbocycles. The second-order valence-electron chi connectivity index (χ2n) is 3.44. The number of carbonyl (C=O) groups is 1. The number of rotatable bonds is 3. The van der Waals surface area contributed by atoms with Crippen molar-refractivity contribution in [3.63, 3.8) is 0 Å². The second kappa shape index (κ2) is 3.68.